The molecule has 21 heavy (non-hydrogen) atoms. The first-order valence-electron chi connectivity index (χ1n) is 7.38. The smallest absolute Gasteiger partial charge is 0.237 e. The molecule has 1 atom stereocenters. The average Bonchev–Trinajstić information content (AvgIpc) is 2.50. The number of rotatable bonds is 4. The highest BCUT2D eigenvalue weighted by Crippen LogP contribution is 2.28. The number of aryl methyl sites for hydroxylation is 1. The fourth-order valence-corrected chi connectivity index (χ4v) is 3.23. The zero-order chi connectivity index (χ0) is 14.7. The molecule has 3 rings (SSSR count). The summed E-state index contributed by atoms with van der Waals surface area (Å²) < 4.78 is 6.75. The summed E-state index contributed by atoms with van der Waals surface area (Å²) in [5, 5.41) is 3.59. The Bertz CT molecular complexity index is 630. The third kappa shape index (κ3) is 3.38. The minimum atomic E-state index is 0.432. The van der Waals surface area contributed by atoms with E-state index < -0.39 is 0 Å². The summed E-state index contributed by atoms with van der Waals surface area (Å²) in [5.74, 6) is 0.696. The van der Waals surface area contributed by atoms with Crippen LogP contribution in [0.3, 0.4) is 0 Å². The molecule has 1 aromatic carbocycles. The Morgan fingerprint density at radius 1 is 1.33 bits per heavy atom. The van der Waals surface area contributed by atoms with Crippen molar-refractivity contribution in [1.82, 2.24) is 4.98 Å². The van der Waals surface area contributed by atoms with Crippen LogP contribution >= 0.6 is 15.9 Å². The lowest BCUT2D eigenvalue weighted by Crippen LogP contribution is -2.27. The molecule has 1 aromatic heterocycles. The van der Waals surface area contributed by atoms with Crippen molar-refractivity contribution in [3.05, 3.63) is 52.1 Å². The first kappa shape index (κ1) is 14.4. The van der Waals surface area contributed by atoms with E-state index in [0.29, 0.717) is 18.5 Å². The third-order valence-electron chi connectivity index (χ3n) is 3.81. The van der Waals surface area contributed by atoms with Gasteiger partial charge in [-0.05, 0) is 61.6 Å². The number of halogens is 1. The highest BCUT2D eigenvalue weighted by atomic mass is 79.9. The minimum absolute atomic E-state index is 0.432. The van der Waals surface area contributed by atoms with Crippen molar-refractivity contribution in [3.8, 4) is 5.88 Å². The van der Waals surface area contributed by atoms with Crippen molar-refractivity contribution in [2.75, 3.05) is 11.9 Å². The second kappa shape index (κ2) is 6.48. The maximum Gasteiger partial charge on any atom is 0.237 e. The van der Waals surface area contributed by atoms with E-state index in [9.17, 15) is 0 Å². The lowest BCUT2D eigenvalue weighted by Gasteiger charge is -2.27. The quantitative estimate of drug-likeness (QED) is 0.900. The first-order valence-corrected chi connectivity index (χ1v) is 8.17. The maximum absolute atomic E-state index is 5.58. The van der Waals surface area contributed by atoms with Crippen molar-refractivity contribution in [3.63, 3.8) is 0 Å². The molecule has 4 heteroatoms. The molecule has 0 amide bonds. The minimum Gasteiger partial charge on any atom is -0.476 e. The van der Waals surface area contributed by atoms with Gasteiger partial charge in [0.2, 0.25) is 5.88 Å². The first-order chi connectivity index (χ1) is 10.3. The molecule has 0 aliphatic heterocycles. The number of hydrogen-bond donors (Lipinski definition) is 1. The lowest BCUT2D eigenvalue weighted by atomic mass is 9.88. The molecule has 0 radical (unpaired) electrons. The number of pyridine rings is 1. The lowest BCUT2D eigenvalue weighted by molar-refractivity contribution is 0.328. The van der Waals surface area contributed by atoms with Gasteiger partial charge in [-0.3, -0.25) is 0 Å². The highest BCUT2D eigenvalue weighted by Gasteiger charge is 2.19. The fourth-order valence-electron chi connectivity index (χ4n) is 2.82. The largest absolute Gasteiger partial charge is 0.476 e. The monoisotopic (exact) mass is 346 g/mol. The Morgan fingerprint density at radius 3 is 3.10 bits per heavy atom. The van der Waals surface area contributed by atoms with Gasteiger partial charge in [0.15, 0.2) is 0 Å². The number of ether oxygens (including phenoxy) is 1. The highest BCUT2D eigenvalue weighted by molar-refractivity contribution is 9.10. The van der Waals surface area contributed by atoms with E-state index in [0.717, 1.165) is 24.9 Å². The number of anilines is 1. The van der Waals surface area contributed by atoms with Crippen molar-refractivity contribution in [1.29, 1.82) is 0 Å². The molecule has 1 aliphatic carbocycles. The molecule has 0 spiro atoms. The van der Waals surface area contributed by atoms with Gasteiger partial charge in [-0.2, -0.15) is 0 Å². The molecule has 0 saturated heterocycles. The van der Waals surface area contributed by atoms with Crippen LogP contribution in [0.1, 0.15) is 24.5 Å². The van der Waals surface area contributed by atoms with Crippen LogP contribution in [-0.2, 0) is 12.8 Å². The SMILES string of the molecule is CCOc1ncccc1NC1CCc2cc(Br)ccc2C1. The predicted octanol–water partition coefficient (Wildman–Crippen LogP) is 4.21. The topological polar surface area (TPSA) is 34.1 Å². The Morgan fingerprint density at radius 2 is 2.24 bits per heavy atom. The molecule has 0 fully saturated rings. The zero-order valence-electron chi connectivity index (χ0n) is 12.1. The number of hydrogen-bond acceptors (Lipinski definition) is 3. The molecule has 1 N–H and O–H groups in total. The molecule has 2 aromatic rings. The van der Waals surface area contributed by atoms with Crippen molar-refractivity contribution < 1.29 is 4.74 Å². The summed E-state index contributed by atoms with van der Waals surface area (Å²) in [5.41, 5.74) is 3.88. The number of aromatic nitrogens is 1. The summed E-state index contributed by atoms with van der Waals surface area (Å²) in [6.07, 6.45) is 5.05. The molecular formula is C17H19BrN2O. The standard InChI is InChI=1S/C17H19BrN2O/c1-2-21-17-16(4-3-9-19-17)20-15-8-6-12-10-14(18)7-5-13(12)11-15/h3-5,7,9-10,15,20H,2,6,8,11H2,1H3. The molecule has 1 unspecified atom stereocenters. The van der Waals surface area contributed by atoms with Crippen LogP contribution in [-0.4, -0.2) is 17.6 Å². The van der Waals surface area contributed by atoms with E-state index in [1.54, 1.807) is 6.20 Å². The number of benzene rings is 1. The van der Waals surface area contributed by atoms with Crippen molar-refractivity contribution in [2.45, 2.75) is 32.2 Å². The summed E-state index contributed by atoms with van der Waals surface area (Å²) in [6, 6.07) is 11.0. The van der Waals surface area contributed by atoms with Crippen LogP contribution in [0.25, 0.3) is 0 Å². The van der Waals surface area contributed by atoms with Gasteiger partial charge in [-0.15, -0.1) is 0 Å². The van der Waals surface area contributed by atoms with Gasteiger partial charge >= 0.3 is 0 Å². The van der Waals surface area contributed by atoms with Gasteiger partial charge in [0.05, 0.1) is 12.3 Å². The predicted molar refractivity (Wildman–Crippen MR) is 89.0 cm³/mol. The zero-order valence-corrected chi connectivity index (χ0v) is 13.7. The van der Waals surface area contributed by atoms with Crippen LogP contribution in [0, 0.1) is 0 Å². The van der Waals surface area contributed by atoms with E-state index in [2.05, 4.69) is 44.4 Å². The van der Waals surface area contributed by atoms with Gasteiger partial charge < -0.3 is 10.1 Å². The van der Waals surface area contributed by atoms with Gasteiger partial charge in [0.1, 0.15) is 0 Å². The van der Waals surface area contributed by atoms with Crippen molar-refractivity contribution >= 4 is 21.6 Å². The summed E-state index contributed by atoms with van der Waals surface area (Å²) in [6.45, 7) is 2.61. The van der Waals surface area contributed by atoms with Crippen LogP contribution in [0.4, 0.5) is 5.69 Å². The average molecular weight is 347 g/mol. The van der Waals surface area contributed by atoms with Gasteiger partial charge in [0.25, 0.3) is 0 Å². The van der Waals surface area contributed by atoms with E-state index >= 15 is 0 Å². The molecule has 0 saturated carbocycles. The van der Waals surface area contributed by atoms with E-state index in [4.69, 9.17) is 4.74 Å². The van der Waals surface area contributed by atoms with Crippen LogP contribution < -0.4 is 10.1 Å². The van der Waals surface area contributed by atoms with E-state index in [1.807, 2.05) is 19.1 Å². The van der Waals surface area contributed by atoms with Crippen LogP contribution in [0.2, 0.25) is 0 Å². The second-order valence-corrected chi connectivity index (χ2v) is 6.20. The van der Waals surface area contributed by atoms with Crippen LogP contribution in [0.5, 0.6) is 5.88 Å². The fraction of sp³-hybridized carbons (Fsp3) is 0.353. The van der Waals surface area contributed by atoms with E-state index in [1.165, 1.54) is 15.6 Å². The molecule has 0 bridgehead atoms. The normalized spacial score (nSPS) is 17.1. The summed E-state index contributed by atoms with van der Waals surface area (Å²) in [4.78, 5) is 4.30. The number of nitrogens with one attached hydrogen (secondary N) is 1. The van der Waals surface area contributed by atoms with Gasteiger partial charge in [0, 0.05) is 16.7 Å². The van der Waals surface area contributed by atoms with Crippen LogP contribution in [0.15, 0.2) is 41.0 Å². The van der Waals surface area contributed by atoms with Gasteiger partial charge in [-0.1, -0.05) is 22.0 Å². The molecular weight excluding hydrogens is 328 g/mol. The summed E-state index contributed by atoms with van der Waals surface area (Å²) >= 11 is 3.55. The Balaban J connectivity index is 1.74. The third-order valence-corrected chi connectivity index (χ3v) is 4.30. The van der Waals surface area contributed by atoms with Gasteiger partial charge in [-0.25, -0.2) is 4.98 Å². The molecule has 1 heterocycles. The second-order valence-electron chi connectivity index (χ2n) is 5.29. The Kier molecular flexibility index (Phi) is 4.44. The van der Waals surface area contributed by atoms with Crippen molar-refractivity contribution in [2.24, 2.45) is 0 Å². The maximum atomic E-state index is 5.58. The Hall–Kier alpha value is -1.55. The molecule has 3 nitrogen and oxygen atoms in total. The van der Waals surface area contributed by atoms with E-state index in [-0.39, 0.29) is 0 Å². The summed E-state index contributed by atoms with van der Waals surface area (Å²) in [7, 11) is 0. The molecule has 110 valence electrons. The Labute approximate surface area is 133 Å². The molecule has 1 aliphatic rings. The number of fused-ring (bicyclic) bond motifs is 1. The number of nitrogens with zero attached hydrogens (tertiary/aromatic N) is 1.